The minimum Gasteiger partial charge on any atom is -0.480 e. The molecule has 4 N–H and O–H groups in total. The molecule has 5 aromatic rings. The van der Waals surface area contributed by atoms with Crippen LogP contribution in [-0.2, 0) is 23.7 Å². The van der Waals surface area contributed by atoms with E-state index in [2.05, 4.69) is 36.2 Å². The molecule has 14 nitrogen and oxygen atoms in total. The van der Waals surface area contributed by atoms with Crippen LogP contribution in [-0.4, -0.2) is 73.8 Å². The number of nitrogens with one attached hydrogen (secondary N) is 4. The highest BCUT2D eigenvalue weighted by Crippen LogP contribution is 2.48. The highest BCUT2D eigenvalue weighted by atomic mass is 35.5. The molecule has 2 saturated carbocycles. The fraction of sp³-hybridized carbons (Fsp3) is 0.463. The lowest BCUT2D eigenvalue weighted by Gasteiger charge is -2.53. The Morgan fingerprint density at radius 1 is 1.00 bits per heavy atom. The van der Waals surface area contributed by atoms with Crippen LogP contribution in [0.2, 0.25) is 5.02 Å². The average molecular weight is 831 g/mol. The van der Waals surface area contributed by atoms with Gasteiger partial charge in [-0.2, -0.15) is 10.1 Å². The predicted molar refractivity (Wildman–Crippen MR) is 216 cm³/mol. The van der Waals surface area contributed by atoms with E-state index in [0.717, 1.165) is 38.8 Å². The van der Waals surface area contributed by atoms with Crippen molar-refractivity contribution in [2.75, 3.05) is 40.5 Å². The van der Waals surface area contributed by atoms with Gasteiger partial charge in [-0.1, -0.05) is 11.6 Å². The second-order valence-corrected chi connectivity index (χ2v) is 17.3. The second kappa shape index (κ2) is 13.7. The number of piperidine rings is 1. The van der Waals surface area contributed by atoms with E-state index in [4.69, 9.17) is 21.3 Å². The maximum absolute atomic E-state index is 15.4. The number of aromatic nitrogens is 5. The van der Waals surface area contributed by atoms with Gasteiger partial charge in [-0.15, -0.1) is 0 Å². The van der Waals surface area contributed by atoms with E-state index < -0.39 is 35.9 Å². The largest absolute Gasteiger partial charge is 0.480 e. The molecule has 3 aliphatic heterocycles. The number of hydrogen-bond acceptors (Lipinski definition) is 11. The first kappa shape index (κ1) is 37.7. The first-order valence-corrected chi connectivity index (χ1v) is 20.4. The van der Waals surface area contributed by atoms with Crippen LogP contribution in [0.1, 0.15) is 63.0 Å². The lowest BCUT2D eigenvalue weighted by Crippen LogP contribution is -2.59. The molecule has 1 spiro atoms. The summed E-state index contributed by atoms with van der Waals surface area (Å²) >= 11 is 6.60. The minimum absolute atomic E-state index is 0.0310. The van der Waals surface area contributed by atoms with Crippen molar-refractivity contribution >= 4 is 74.0 Å². The zero-order chi connectivity index (χ0) is 41.0. The molecule has 2 saturated heterocycles. The van der Waals surface area contributed by atoms with Crippen molar-refractivity contribution in [1.29, 1.82) is 0 Å². The smallest absolute Gasteiger partial charge is 0.301 e. The summed E-state index contributed by atoms with van der Waals surface area (Å²) < 4.78 is 54.2. The van der Waals surface area contributed by atoms with Gasteiger partial charge in [-0.25, -0.2) is 18.2 Å². The zero-order valence-corrected chi connectivity index (χ0v) is 33.1. The molecule has 2 aliphatic carbocycles. The van der Waals surface area contributed by atoms with Crippen LogP contribution in [0.5, 0.6) is 5.75 Å². The summed E-state index contributed by atoms with van der Waals surface area (Å²) in [5.41, 5.74) is 2.45. The number of hydrogen-bond donors (Lipinski definition) is 4. The van der Waals surface area contributed by atoms with Crippen molar-refractivity contribution in [3.05, 3.63) is 63.4 Å². The molecule has 0 radical (unpaired) electrons. The van der Waals surface area contributed by atoms with Gasteiger partial charge in [-0.05, 0) is 81.2 Å². The van der Waals surface area contributed by atoms with Crippen LogP contribution < -0.4 is 36.5 Å². The van der Waals surface area contributed by atoms with Crippen LogP contribution in [0.3, 0.4) is 0 Å². The molecule has 5 aliphatic rings. The number of ether oxygens (including phenoxy) is 1. The number of alkyl halides is 2. The Morgan fingerprint density at radius 2 is 1.78 bits per heavy atom. The van der Waals surface area contributed by atoms with E-state index in [0.29, 0.717) is 74.9 Å². The molecule has 2 unspecified atom stereocenters. The third-order valence-electron chi connectivity index (χ3n) is 12.9. The molecule has 6 heterocycles. The number of benzene rings is 2. The van der Waals surface area contributed by atoms with Gasteiger partial charge in [-0.3, -0.25) is 24.4 Å². The summed E-state index contributed by atoms with van der Waals surface area (Å²) in [4.78, 5) is 49.1. The van der Waals surface area contributed by atoms with Crippen molar-refractivity contribution < 1.29 is 27.5 Å². The summed E-state index contributed by atoms with van der Waals surface area (Å²) in [7, 11) is 3.33. The Kier molecular flexibility index (Phi) is 8.78. The maximum Gasteiger partial charge on any atom is 0.301 e. The molecular formula is C41H42ClF3N10O4. The van der Waals surface area contributed by atoms with Gasteiger partial charge in [0, 0.05) is 61.5 Å². The topological polar surface area (TPSA) is 160 Å². The Hall–Kier alpha value is -5.58. The number of aryl methyl sites for hydroxylation is 2. The van der Waals surface area contributed by atoms with Gasteiger partial charge >= 0.3 is 5.92 Å². The van der Waals surface area contributed by atoms with Crippen molar-refractivity contribution in [3.8, 4) is 5.75 Å². The normalized spacial score (nSPS) is 22.6. The number of nitrogens with zero attached hydrogens (tertiary/aromatic N) is 6. The van der Waals surface area contributed by atoms with Crippen LogP contribution >= 0.6 is 11.6 Å². The van der Waals surface area contributed by atoms with E-state index in [1.54, 1.807) is 49.2 Å². The number of carbonyl (C=O) groups excluding carboxylic acids is 2. The van der Waals surface area contributed by atoms with Gasteiger partial charge in [0.25, 0.3) is 5.56 Å². The summed E-state index contributed by atoms with van der Waals surface area (Å²) in [6, 6.07) is 7.25. The first-order valence-electron chi connectivity index (χ1n) is 20.0. The average Bonchev–Trinajstić information content (AvgIpc) is 4.00. The Labute approximate surface area is 340 Å². The number of carbonyl (C=O) groups is 2. The van der Waals surface area contributed by atoms with Gasteiger partial charge in [0.05, 0.1) is 46.3 Å². The highest BCUT2D eigenvalue weighted by molar-refractivity contribution is 6.33. The maximum atomic E-state index is 15.4. The molecular weight excluding hydrogens is 789 g/mol. The van der Waals surface area contributed by atoms with Gasteiger partial charge < -0.3 is 30.2 Å². The summed E-state index contributed by atoms with van der Waals surface area (Å²) in [6.07, 6.45) is 6.99. The number of pyridine rings is 1. The van der Waals surface area contributed by atoms with E-state index in [1.165, 1.54) is 10.6 Å². The third-order valence-corrected chi connectivity index (χ3v) is 13.2. The molecule has 308 valence electrons. The number of rotatable bonds is 7. The summed E-state index contributed by atoms with van der Waals surface area (Å²) in [5, 5.41) is 18.3. The highest BCUT2D eigenvalue weighted by Gasteiger charge is 2.51. The molecule has 2 amide bonds. The number of anilines is 5. The van der Waals surface area contributed by atoms with Gasteiger partial charge in [0.2, 0.25) is 23.5 Å². The minimum atomic E-state index is -3.15. The van der Waals surface area contributed by atoms with Crippen molar-refractivity contribution in [1.82, 2.24) is 29.6 Å². The standard InChI is InChI=1S/C41H42ClF3N10O4/c1-53-28-9-5-22(15-25(28)31-34(38(53)58)59-19-41(44,45)35(50-31)20-3-4-20)48-36-26(42)16-46-39(51-36)55-17-40(18-55)13-11-21(12-14-40)47-32-27(43)8-6-23-30(52-54(2)33(23)32)24-7-10-29(56)49-37(24)57/h5-6,8-9,15-16,20-21,24,35,47,50H,3-4,7,10-14,17-19H2,1-2H3,(H,46,48,51)(H,49,56,57). The predicted octanol–water partition coefficient (Wildman–Crippen LogP) is 6.35. The monoisotopic (exact) mass is 830 g/mol. The lowest BCUT2D eigenvalue weighted by atomic mass is 9.67. The van der Waals surface area contributed by atoms with Crippen LogP contribution in [0.15, 0.2) is 41.3 Å². The first-order chi connectivity index (χ1) is 28.3. The van der Waals surface area contributed by atoms with Crippen molar-refractivity contribution in [2.45, 2.75) is 75.3 Å². The van der Waals surface area contributed by atoms with E-state index in [9.17, 15) is 14.4 Å². The third kappa shape index (κ3) is 6.48. The van der Waals surface area contributed by atoms with Gasteiger partial charge in [0.1, 0.15) is 10.8 Å². The quantitative estimate of drug-likeness (QED) is 0.135. The van der Waals surface area contributed by atoms with Crippen molar-refractivity contribution in [2.24, 2.45) is 25.4 Å². The molecule has 0 bridgehead atoms. The van der Waals surface area contributed by atoms with Crippen molar-refractivity contribution in [3.63, 3.8) is 0 Å². The summed E-state index contributed by atoms with van der Waals surface area (Å²) in [5.74, 6) is -4.24. The molecule has 10 rings (SSSR count). The molecule has 59 heavy (non-hydrogen) atoms. The van der Waals surface area contributed by atoms with Crippen LogP contribution in [0.4, 0.5) is 42.0 Å². The number of halogens is 4. The Balaban J connectivity index is 0.825. The number of amides is 2. The van der Waals surface area contributed by atoms with E-state index >= 15 is 13.2 Å². The van der Waals surface area contributed by atoms with E-state index in [1.807, 2.05) is 0 Å². The van der Waals surface area contributed by atoms with Crippen LogP contribution in [0, 0.1) is 17.2 Å². The number of imide groups is 1. The zero-order valence-electron chi connectivity index (χ0n) is 32.4. The van der Waals surface area contributed by atoms with Crippen LogP contribution in [0.25, 0.3) is 21.8 Å². The van der Waals surface area contributed by atoms with E-state index in [-0.39, 0.29) is 47.0 Å². The SMILES string of the molecule is Cn1nc(C2CCC(=O)NC2=O)c2ccc(F)c(NC3CCC4(CC3)CN(c3ncc(Cl)c(Nc5ccc6c(c5)c5c(c(=O)n6C)OCC(F)(F)C(C6CC6)N5)n3)C4)c21. The fourth-order valence-corrected chi connectivity index (χ4v) is 9.68. The Bertz CT molecular complexity index is 2630. The summed E-state index contributed by atoms with van der Waals surface area (Å²) in [6.45, 7) is 0.619. The molecule has 18 heteroatoms. The molecule has 2 aromatic carbocycles. The lowest BCUT2D eigenvalue weighted by molar-refractivity contribution is -0.134. The molecule has 2 atom stereocenters. The van der Waals surface area contributed by atoms with Gasteiger partial charge in [0.15, 0.2) is 12.4 Å². The molecule has 3 aromatic heterocycles. The second-order valence-electron chi connectivity index (χ2n) is 16.9. The fourth-order valence-electron chi connectivity index (χ4n) is 9.54. The molecule has 4 fully saturated rings. The Morgan fingerprint density at radius 3 is 2.53 bits per heavy atom. The number of fused-ring (bicyclic) bond motifs is 4.